The molecule has 0 unspecified atom stereocenters. The minimum atomic E-state index is -0.346. The molecule has 0 heterocycles. The molecule has 1 aliphatic rings. The number of carbonyl (C=O) groups excluding carboxylic acids is 2. The fraction of sp³-hybridized carbons (Fsp3) is 0.524. The number of allylic oxidation sites excluding steroid dienone is 2. The summed E-state index contributed by atoms with van der Waals surface area (Å²) in [7, 11) is 1.63. The van der Waals surface area contributed by atoms with Crippen LogP contribution in [0.2, 0.25) is 0 Å². The third-order valence-corrected chi connectivity index (χ3v) is 4.77. The second kappa shape index (κ2) is 10.1. The maximum Gasteiger partial charge on any atom is 0.139 e. The molecule has 0 amide bonds. The van der Waals surface area contributed by atoms with Crippen molar-refractivity contribution < 1.29 is 19.1 Å². The molecule has 4 heteroatoms. The summed E-state index contributed by atoms with van der Waals surface area (Å²) in [5.74, 6) is 0.343. The summed E-state index contributed by atoms with van der Waals surface area (Å²) in [6.07, 6.45) is 9.03. The van der Waals surface area contributed by atoms with E-state index in [1.165, 1.54) is 0 Å². The van der Waals surface area contributed by atoms with Gasteiger partial charge < -0.3 is 14.3 Å². The highest BCUT2D eigenvalue weighted by Crippen LogP contribution is 2.33. The van der Waals surface area contributed by atoms with Crippen molar-refractivity contribution in [2.45, 2.75) is 51.7 Å². The Labute approximate surface area is 150 Å². The smallest absolute Gasteiger partial charge is 0.139 e. The molecule has 0 spiro atoms. The molecule has 1 saturated carbocycles. The third-order valence-electron chi connectivity index (χ3n) is 4.77. The number of aldehydes is 1. The van der Waals surface area contributed by atoms with Gasteiger partial charge in [0.05, 0.1) is 25.7 Å². The average Bonchev–Trinajstić information content (AvgIpc) is 2.95. The first-order chi connectivity index (χ1) is 12.2. The Kier molecular flexibility index (Phi) is 7.86. The molecular weight excluding hydrogens is 316 g/mol. The molecule has 4 nitrogen and oxygen atoms in total. The van der Waals surface area contributed by atoms with Crippen LogP contribution in [0.25, 0.3) is 0 Å². The number of unbranched alkanes of at least 4 members (excludes halogenated alkanes) is 2. The SMILES string of the molecule is CCCC/C=C\C[C@H]1C(=O)C[C@@H](OCc2ccc(OC)cc2)[C@@H]1C=O. The zero-order chi connectivity index (χ0) is 18.1. The van der Waals surface area contributed by atoms with Gasteiger partial charge in [0.2, 0.25) is 0 Å². The van der Waals surface area contributed by atoms with Gasteiger partial charge in [-0.25, -0.2) is 0 Å². The number of Topliss-reactive ketones (excluding diaryl/α,β-unsaturated/α-hetero) is 1. The summed E-state index contributed by atoms with van der Waals surface area (Å²) in [6, 6.07) is 7.61. The van der Waals surface area contributed by atoms with E-state index < -0.39 is 0 Å². The molecule has 1 aromatic carbocycles. The summed E-state index contributed by atoms with van der Waals surface area (Å²) in [5.41, 5.74) is 1.00. The zero-order valence-electron chi connectivity index (χ0n) is 15.1. The van der Waals surface area contributed by atoms with Crippen LogP contribution in [0.4, 0.5) is 0 Å². The summed E-state index contributed by atoms with van der Waals surface area (Å²) in [4.78, 5) is 23.8. The van der Waals surface area contributed by atoms with Crippen LogP contribution >= 0.6 is 0 Å². The van der Waals surface area contributed by atoms with E-state index in [1.807, 2.05) is 30.3 Å². The second-order valence-corrected chi connectivity index (χ2v) is 6.54. The molecule has 0 N–H and O–H groups in total. The highest BCUT2D eigenvalue weighted by molar-refractivity contribution is 5.88. The lowest BCUT2D eigenvalue weighted by molar-refractivity contribution is -0.123. The lowest BCUT2D eigenvalue weighted by Gasteiger charge is -2.18. The molecule has 0 aromatic heterocycles. The molecule has 1 aromatic rings. The standard InChI is InChI=1S/C21H28O4/c1-3-4-5-6-7-8-18-19(14-22)21(13-20(18)23)25-15-16-9-11-17(24-2)12-10-16/h6-7,9-12,14,18-19,21H,3-5,8,13,15H2,1-2H3/b7-6-/t18-,19-,21-/m1/s1. The van der Waals surface area contributed by atoms with Crippen molar-refractivity contribution in [3.8, 4) is 5.75 Å². The fourth-order valence-corrected chi connectivity index (χ4v) is 3.21. The van der Waals surface area contributed by atoms with Crippen LogP contribution in [0.1, 0.15) is 44.6 Å². The lowest BCUT2D eigenvalue weighted by atomic mass is 9.92. The maximum absolute atomic E-state index is 12.3. The fourth-order valence-electron chi connectivity index (χ4n) is 3.21. The Morgan fingerprint density at radius 2 is 1.96 bits per heavy atom. The van der Waals surface area contributed by atoms with Gasteiger partial charge in [-0.1, -0.05) is 44.1 Å². The largest absolute Gasteiger partial charge is 0.497 e. The van der Waals surface area contributed by atoms with Crippen LogP contribution in [0, 0.1) is 11.8 Å². The number of carbonyl (C=O) groups is 2. The molecule has 0 saturated heterocycles. The van der Waals surface area contributed by atoms with Crippen molar-refractivity contribution in [3.63, 3.8) is 0 Å². The summed E-state index contributed by atoms with van der Waals surface area (Å²) in [5, 5.41) is 0. The topological polar surface area (TPSA) is 52.6 Å². The number of hydrogen-bond donors (Lipinski definition) is 0. The van der Waals surface area contributed by atoms with Crippen LogP contribution in [0.5, 0.6) is 5.75 Å². The van der Waals surface area contributed by atoms with Gasteiger partial charge in [0.1, 0.15) is 17.8 Å². The van der Waals surface area contributed by atoms with Crippen LogP contribution < -0.4 is 4.74 Å². The Morgan fingerprint density at radius 3 is 2.60 bits per heavy atom. The van der Waals surface area contributed by atoms with E-state index in [-0.39, 0.29) is 23.7 Å². The Morgan fingerprint density at radius 1 is 1.20 bits per heavy atom. The van der Waals surface area contributed by atoms with Crippen molar-refractivity contribution in [1.29, 1.82) is 0 Å². The first kappa shape index (κ1) is 19.4. The molecular formula is C21H28O4. The zero-order valence-corrected chi connectivity index (χ0v) is 15.1. The Hall–Kier alpha value is -1.94. The van der Waals surface area contributed by atoms with Gasteiger partial charge in [-0.2, -0.15) is 0 Å². The Balaban J connectivity index is 1.89. The summed E-state index contributed by atoms with van der Waals surface area (Å²) < 4.78 is 11.0. The van der Waals surface area contributed by atoms with Crippen molar-refractivity contribution in [3.05, 3.63) is 42.0 Å². The number of benzene rings is 1. The van der Waals surface area contributed by atoms with E-state index in [0.29, 0.717) is 19.4 Å². The monoisotopic (exact) mass is 344 g/mol. The molecule has 1 fully saturated rings. The van der Waals surface area contributed by atoms with Crippen molar-refractivity contribution in [1.82, 2.24) is 0 Å². The van der Waals surface area contributed by atoms with Gasteiger partial charge in [0.25, 0.3) is 0 Å². The summed E-state index contributed by atoms with van der Waals surface area (Å²) >= 11 is 0. The minimum absolute atomic E-state index is 0.136. The van der Waals surface area contributed by atoms with E-state index >= 15 is 0 Å². The molecule has 0 bridgehead atoms. The molecule has 0 radical (unpaired) electrons. The highest BCUT2D eigenvalue weighted by Gasteiger charge is 2.42. The van der Waals surface area contributed by atoms with Crippen molar-refractivity contribution in [2.24, 2.45) is 11.8 Å². The van der Waals surface area contributed by atoms with Gasteiger partial charge >= 0.3 is 0 Å². The number of methoxy groups -OCH3 is 1. The molecule has 0 aliphatic heterocycles. The van der Waals surface area contributed by atoms with E-state index in [0.717, 1.165) is 36.9 Å². The molecule has 1 aliphatic carbocycles. The first-order valence-corrected chi connectivity index (χ1v) is 9.07. The molecule has 25 heavy (non-hydrogen) atoms. The quantitative estimate of drug-likeness (QED) is 0.364. The van der Waals surface area contributed by atoms with Gasteiger partial charge in [-0.3, -0.25) is 4.79 Å². The predicted molar refractivity (Wildman–Crippen MR) is 97.5 cm³/mol. The third kappa shape index (κ3) is 5.53. The predicted octanol–water partition coefficient (Wildman–Crippen LogP) is 4.12. The van der Waals surface area contributed by atoms with Gasteiger partial charge in [0, 0.05) is 12.3 Å². The van der Waals surface area contributed by atoms with Gasteiger partial charge in [-0.15, -0.1) is 0 Å². The molecule has 136 valence electrons. The lowest BCUT2D eigenvalue weighted by Crippen LogP contribution is -2.24. The van der Waals surface area contributed by atoms with Crippen LogP contribution in [0.15, 0.2) is 36.4 Å². The summed E-state index contributed by atoms with van der Waals surface area (Å²) in [6.45, 7) is 2.55. The van der Waals surface area contributed by atoms with E-state index in [1.54, 1.807) is 7.11 Å². The van der Waals surface area contributed by atoms with E-state index in [2.05, 4.69) is 13.0 Å². The maximum atomic E-state index is 12.3. The van der Waals surface area contributed by atoms with Crippen LogP contribution in [-0.4, -0.2) is 25.3 Å². The van der Waals surface area contributed by atoms with E-state index in [9.17, 15) is 9.59 Å². The second-order valence-electron chi connectivity index (χ2n) is 6.54. The van der Waals surface area contributed by atoms with Gasteiger partial charge in [-0.05, 0) is 30.5 Å². The van der Waals surface area contributed by atoms with Crippen molar-refractivity contribution in [2.75, 3.05) is 7.11 Å². The average molecular weight is 344 g/mol. The molecule has 2 rings (SSSR count). The Bertz CT molecular complexity index is 576. The van der Waals surface area contributed by atoms with Crippen LogP contribution in [0.3, 0.4) is 0 Å². The highest BCUT2D eigenvalue weighted by atomic mass is 16.5. The number of hydrogen-bond acceptors (Lipinski definition) is 4. The van der Waals surface area contributed by atoms with Crippen molar-refractivity contribution >= 4 is 12.1 Å². The van der Waals surface area contributed by atoms with E-state index in [4.69, 9.17) is 9.47 Å². The number of rotatable bonds is 10. The normalized spacial score (nSPS) is 23.3. The molecule has 3 atom stereocenters. The number of ketones is 1. The number of ether oxygens (including phenoxy) is 2. The minimum Gasteiger partial charge on any atom is -0.497 e. The first-order valence-electron chi connectivity index (χ1n) is 9.07. The van der Waals surface area contributed by atoms with Crippen LogP contribution in [-0.2, 0) is 20.9 Å². The van der Waals surface area contributed by atoms with Gasteiger partial charge in [0.15, 0.2) is 0 Å².